The van der Waals surface area contributed by atoms with Crippen molar-refractivity contribution in [2.75, 3.05) is 7.11 Å². The maximum atomic E-state index is 13.6. The Morgan fingerprint density at radius 2 is 1.82 bits per heavy atom. The van der Waals surface area contributed by atoms with E-state index in [4.69, 9.17) is 21.1 Å². The van der Waals surface area contributed by atoms with Crippen LogP contribution in [0.15, 0.2) is 73.2 Å². The van der Waals surface area contributed by atoms with Crippen molar-refractivity contribution in [1.29, 1.82) is 0 Å². The monoisotopic (exact) mass is 557 g/mol. The van der Waals surface area contributed by atoms with Crippen molar-refractivity contribution in [2.24, 2.45) is 0 Å². The lowest BCUT2D eigenvalue weighted by molar-refractivity contribution is -0.139. The minimum absolute atomic E-state index is 0.0409. The average molecular weight is 558 g/mol. The normalized spacial score (nSPS) is 12.5. The van der Waals surface area contributed by atoms with Crippen LogP contribution in [0.5, 0.6) is 5.75 Å². The fourth-order valence-corrected chi connectivity index (χ4v) is 5.19. The van der Waals surface area contributed by atoms with Crippen LogP contribution in [0.1, 0.15) is 33.8 Å². The number of halogens is 4. The summed E-state index contributed by atoms with van der Waals surface area (Å²) in [4.78, 5) is 21.3. The molecule has 0 spiro atoms. The van der Waals surface area contributed by atoms with Gasteiger partial charge in [0.15, 0.2) is 4.88 Å². The molecule has 3 aromatic heterocycles. The number of rotatable bonds is 6. The highest BCUT2D eigenvalue weighted by Crippen LogP contribution is 2.40. The van der Waals surface area contributed by atoms with Crippen molar-refractivity contribution in [3.05, 3.63) is 94.3 Å². The lowest BCUT2D eigenvalue weighted by Gasteiger charge is -2.19. The average Bonchev–Trinajstić information content (AvgIpc) is 3.52. The maximum Gasteiger partial charge on any atom is 0.416 e. The van der Waals surface area contributed by atoms with Crippen molar-refractivity contribution in [3.63, 3.8) is 0 Å². The number of fused-ring (bicyclic) bond motifs is 1. The summed E-state index contributed by atoms with van der Waals surface area (Å²) in [7, 11) is 1.23. The van der Waals surface area contributed by atoms with Gasteiger partial charge in [-0.1, -0.05) is 35.9 Å². The van der Waals surface area contributed by atoms with Crippen LogP contribution in [-0.2, 0) is 10.9 Å². The number of benzene rings is 2. The van der Waals surface area contributed by atoms with E-state index in [9.17, 15) is 18.0 Å². The predicted octanol–water partition coefficient (Wildman–Crippen LogP) is 7.75. The van der Waals surface area contributed by atoms with Crippen LogP contribution in [-0.4, -0.2) is 27.6 Å². The summed E-state index contributed by atoms with van der Waals surface area (Å²) in [5.74, 6) is -0.540. The standard InChI is InChI=1S/C27H19ClF3N3O3S/c1-15(18-5-3-4-6-19(18)27(29,30)31)37-22-12-24(38-25(22)26(35)36-2)34-14-33-20-11-16(7-9-21(20)34)17-8-10-23(28)32-13-17/h3-15H,1-2H3/t15-/m1/s1. The van der Waals surface area contributed by atoms with Crippen LogP contribution in [0, 0.1) is 0 Å². The minimum atomic E-state index is -4.55. The number of hydrogen-bond acceptors (Lipinski definition) is 6. The third kappa shape index (κ3) is 4.97. The number of carbonyl (C=O) groups excluding carboxylic acids is 1. The Kier molecular flexibility index (Phi) is 6.85. The first kappa shape index (κ1) is 25.7. The van der Waals surface area contributed by atoms with E-state index < -0.39 is 23.8 Å². The van der Waals surface area contributed by atoms with Gasteiger partial charge in [-0.05, 0) is 42.8 Å². The Hall–Kier alpha value is -3.89. The summed E-state index contributed by atoms with van der Waals surface area (Å²) in [5, 5.41) is 0.979. The fraction of sp³-hybridized carbons (Fsp3) is 0.148. The van der Waals surface area contributed by atoms with Crippen LogP contribution in [0.25, 0.3) is 27.2 Å². The quantitative estimate of drug-likeness (QED) is 0.158. The molecule has 0 saturated heterocycles. The Bertz CT molecular complexity index is 1630. The summed E-state index contributed by atoms with van der Waals surface area (Å²) >= 11 is 6.98. The molecule has 5 aromatic rings. The number of ether oxygens (including phenoxy) is 2. The Morgan fingerprint density at radius 1 is 1.05 bits per heavy atom. The molecule has 2 aromatic carbocycles. The molecule has 0 fully saturated rings. The first-order valence-corrected chi connectivity index (χ1v) is 12.5. The largest absolute Gasteiger partial charge is 0.484 e. The third-order valence-corrected chi connectivity index (χ3v) is 7.23. The molecule has 5 rings (SSSR count). The Labute approximate surface area is 224 Å². The van der Waals surface area contributed by atoms with E-state index in [2.05, 4.69) is 9.97 Å². The number of imidazole rings is 1. The highest BCUT2D eigenvalue weighted by molar-refractivity contribution is 7.16. The molecule has 3 heterocycles. The number of hydrogen-bond donors (Lipinski definition) is 0. The molecular weight excluding hydrogens is 539 g/mol. The number of thiophene rings is 1. The SMILES string of the molecule is COC(=O)c1sc(-n2cnc3cc(-c4ccc(Cl)nc4)ccc32)cc1O[C@H](C)c1ccccc1C(F)(F)F. The van der Waals surface area contributed by atoms with Crippen molar-refractivity contribution in [2.45, 2.75) is 19.2 Å². The molecule has 11 heteroatoms. The van der Waals surface area contributed by atoms with Gasteiger partial charge in [0, 0.05) is 23.4 Å². The van der Waals surface area contributed by atoms with Crippen LogP contribution in [0.3, 0.4) is 0 Å². The highest BCUT2D eigenvalue weighted by Gasteiger charge is 2.35. The van der Waals surface area contributed by atoms with Gasteiger partial charge in [-0.2, -0.15) is 13.2 Å². The molecule has 38 heavy (non-hydrogen) atoms. The highest BCUT2D eigenvalue weighted by atomic mass is 35.5. The molecule has 0 radical (unpaired) electrons. The minimum Gasteiger partial charge on any atom is -0.484 e. The second-order valence-corrected chi connectivity index (χ2v) is 9.72. The van der Waals surface area contributed by atoms with Crippen LogP contribution >= 0.6 is 22.9 Å². The van der Waals surface area contributed by atoms with Crippen LogP contribution < -0.4 is 4.74 Å². The van der Waals surface area contributed by atoms with Gasteiger partial charge in [0.1, 0.15) is 28.3 Å². The molecule has 1 atom stereocenters. The predicted molar refractivity (Wildman–Crippen MR) is 139 cm³/mol. The van der Waals surface area contributed by atoms with E-state index >= 15 is 0 Å². The number of methoxy groups -OCH3 is 1. The summed E-state index contributed by atoms with van der Waals surface area (Å²) in [6, 6.07) is 16.0. The molecular formula is C27H19ClF3N3O3S. The molecule has 0 unspecified atom stereocenters. The molecule has 6 nitrogen and oxygen atoms in total. The molecule has 0 N–H and O–H groups in total. The Morgan fingerprint density at radius 3 is 2.53 bits per heavy atom. The molecule has 0 bridgehead atoms. The van der Waals surface area contributed by atoms with E-state index in [0.29, 0.717) is 15.7 Å². The van der Waals surface area contributed by atoms with Gasteiger partial charge in [-0.3, -0.25) is 4.57 Å². The lowest BCUT2D eigenvalue weighted by atomic mass is 10.0. The number of alkyl halides is 3. The summed E-state index contributed by atoms with van der Waals surface area (Å²) in [6.07, 6.45) is -2.26. The smallest absolute Gasteiger partial charge is 0.416 e. The summed E-state index contributed by atoms with van der Waals surface area (Å²) in [5.41, 5.74) is 2.39. The number of esters is 1. The van der Waals surface area contributed by atoms with E-state index in [0.717, 1.165) is 34.0 Å². The zero-order valence-electron chi connectivity index (χ0n) is 20.0. The van der Waals surface area contributed by atoms with Crippen molar-refractivity contribution >= 4 is 39.9 Å². The third-order valence-electron chi connectivity index (χ3n) is 5.91. The molecule has 0 saturated carbocycles. The fourth-order valence-electron chi connectivity index (χ4n) is 4.08. The zero-order chi connectivity index (χ0) is 27.0. The lowest BCUT2D eigenvalue weighted by Crippen LogP contribution is -2.14. The van der Waals surface area contributed by atoms with Gasteiger partial charge in [0.2, 0.25) is 0 Å². The second-order valence-electron chi connectivity index (χ2n) is 8.30. The number of nitrogens with zero attached hydrogens (tertiary/aromatic N) is 3. The zero-order valence-corrected chi connectivity index (χ0v) is 21.6. The molecule has 0 amide bonds. The van der Waals surface area contributed by atoms with Gasteiger partial charge in [0.25, 0.3) is 0 Å². The summed E-state index contributed by atoms with van der Waals surface area (Å²) in [6.45, 7) is 1.50. The van der Waals surface area contributed by atoms with E-state index in [-0.39, 0.29) is 16.2 Å². The number of pyridine rings is 1. The van der Waals surface area contributed by atoms with Gasteiger partial charge >= 0.3 is 12.1 Å². The van der Waals surface area contributed by atoms with Crippen LogP contribution in [0.4, 0.5) is 13.2 Å². The van der Waals surface area contributed by atoms with E-state index in [1.165, 1.54) is 32.2 Å². The molecule has 0 aliphatic carbocycles. The second kappa shape index (κ2) is 10.1. The Balaban J connectivity index is 1.51. The first-order valence-electron chi connectivity index (χ1n) is 11.3. The van der Waals surface area contributed by atoms with E-state index in [1.54, 1.807) is 29.2 Å². The van der Waals surface area contributed by atoms with Gasteiger partial charge < -0.3 is 9.47 Å². The molecule has 0 aliphatic rings. The van der Waals surface area contributed by atoms with Gasteiger partial charge in [-0.25, -0.2) is 14.8 Å². The number of aromatic nitrogens is 3. The van der Waals surface area contributed by atoms with Crippen LogP contribution in [0.2, 0.25) is 5.15 Å². The maximum absolute atomic E-state index is 13.6. The van der Waals surface area contributed by atoms with Crippen molar-refractivity contribution in [3.8, 4) is 21.9 Å². The van der Waals surface area contributed by atoms with Gasteiger partial charge in [-0.15, -0.1) is 11.3 Å². The van der Waals surface area contributed by atoms with E-state index in [1.807, 2.05) is 24.3 Å². The topological polar surface area (TPSA) is 66.2 Å². The molecule has 194 valence electrons. The summed E-state index contributed by atoms with van der Waals surface area (Å²) < 4.78 is 53.3. The molecule has 0 aliphatic heterocycles. The van der Waals surface area contributed by atoms with Crippen molar-refractivity contribution < 1.29 is 27.4 Å². The van der Waals surface area contributed by atoms with Crippen molar-refractivity contribution in [1.82, 2.24) is 14.5 Å². The first-order chi connectivity index (χ1) is 18.2. The number of carbonyl (C=O) groups is 1. The van der Waals surface area contributed by atoms with Gasteiger partial charge in [0.05, 0.1) is 23.7 Å².